The summed E-state index contributed by atoms with van der Waals surface area (Å²) < 4.78 is 4.91. The van der Waals surface area contributed by atoms with Crippen molar-refractivity contribution in [1.82, 2.24) is 0 Å². The van der Waals surface area contributed by atoms with Crippen LogP contribution in [-0.4, -0.2) is 18.7 Å². The van der Waals surface area contributed by atoms with Crippen LogP contribution >= 0.6 is 0 Å². The minimum absolute atomic E-state index is 0.0339. The average molecular weight is 262 g/mol. The van der Waals surface area contributed by atoms with Gasteiger partial charge in [-0.15, -0.1) is 6.58 Å². The first-order chi connectivity index (χ1) is 9.04. The van der Waals surface area contributed by atoms with Crippen molar-refractivity contribution in [1.29, 1.82) is 0 Å². The van der Waals surface area contributed by atoms with E-state index in [1.807, 2.05) is 12.1 Å². The maximum absolute atomic E-state index is 10.7. The SMILES string of the molecule is C=CCC(N)C(COC(N)=O)Cc1ccccc1C. The van der Waals surface area contributed by atoms with Gasteiger partial charge in [0.2, 0.25) is 0 Å². The van der Waals surface area contributed by atoms with Gasteiger partial charge in [0.05, 0.1) is 6.61 Å². The highest BCUT2D eigenvalue weighted by Gasteiger charge is 2.19. The standard InChI is InChI=1S/C15H22N2O2/c1-3-6-14(16)13(10-19-15(17)18)9-12-8-5-4-7-11(12)2/h3-5,7-8,13-14H,1,6,9-10,16H2,2H3,(H2,17,18). The van der Waals surface area contributed by atoms with E-state index in [-0.39, 0.29) is 18.6 Å². The van der Waals surface area contributed by atoms with Crippen molar-refractivity contribution in [2.75, 3.05) is 6.61 Å². The Bertz CT molecular complexity index is 432. The van der Waals surface area contributed by atoms with Gasteiger partial charge in [-0.2, -0.15) is 0 Å². The number of carbonyl (C=O) groups is 1. The second kappa shape index (κ2) is 7.59. The molecule has 4 heteroatoms. The molecule has 0 aliphatic heterocycles. The lowest BCUT2D eigenvalue weighted by Crippen LogP contribution is -2.35. The first kappa shape index (κ1) is 15.2. The van der Waals surface area contributed by atoms with Crippen LogP contribution in [-0.2, 0) is 11.2 Å². The summed E-state index contributed by atoms with van der Waals surface area (Å²) in [6, 6.07) is 8.01. The van der Waals surface area contributed by atoms with Crippen molar-refractivity contribution in [2.45, 2.75) is 25.8 Å². The Kier molecular flexibility index (Phi) is 6.09. The van der Waals surface area contributed by atoms with Crippen LogP contribution in [0, 0.1) is 12.8 Å². The fourth-order valence-corrected chi connectivity index (χ4v) is 2.03. The van der Waals surface area contributed by atoms with E-state index in [1.165, 1.54) is 11.1 Å². The van der Waals surface area contributed by atoms with E-state index in [1.54, 1.807) is 6.08 Å². The van der Waals surface area contributed by atoms with E-state index in [0.717, 1.165) is 6.42 Å². The minimum atomic E-state index is -0.763. The predicted molar refractivity (Wildman–Crippen MR) is 76.7 cm³/mol. The smallest absolute Gasteiger partial charge is 0.404 e. The highest BCUT2D eigenvalue weighted by molar-refractivity contribution is 5.64. The molecule has 0 bridgehead atoms. The fourth-order valence-electron chi connectivity index (χ4n) is 2.03. The molecule has 0 spiro atoms. The summed E-state index contributed by atoms with van der Waals surface area (Å²) in [4.78, 5) is 10.7. The zero-order valence-electron chi connectivity index (χ0n) is 11.3. The summed E-state index contributed by atoms with van der Waals surface area (Å²) in [5.74, 6) is 0.0339. The van der Waals surface area contributed by atoms with Crippen LogP contribution in [0.15, 0.2) is 36.9 Å². The monoisotopic (exact) mass is 262 g/mol. The fraction of sp³-hybridized carbons (Fsp3) is 0.400. The Morgan fingerprint density at radius 3 is 2.74 bits per heavy atom. The van der Waals surface area contributed by atoms with Gasteiger partial charge in [0.1, 0.15) is 0 Å². The summed E-state index contributed by atoms with van der Waals surface area (Å²) in [5.41, 5.74) is 13.5. The van der Waals surface area contributed by atoms with Gasteiger partial charge in [0, 0.05) is 12.0 Å². The Balaban J connectivity index is 2.75. The van der Waals surface area contributed by atoms with Gasteiger partial charge in [-0.25, -0.2) is 4.79 Å². The lowest BCUT2D eigenvalue weighted by molar-refractivity contribution is 0.129. The molecule has 1 amide bonds. The van der Waals surface area contributed by atoms with Crippen molar-refractivity contribution >= 4 is 6.09 Å². The molecular weight excluding hydrogens is 240 g/mol. The van der Waals surface area contributed by atoms with Crippen molar-refractivity contribution < 1.29 is 9.53 Å². The third-order valence-electron chi connectivity index (χ3n) is 3.23. The maximum atomic E-state index is 10.7. The molecule has 0 saturated heterocycles. The highest BCUT2D eigenvalue weighted by Crippen LogP contribution is 2.17. The number of carbonyl (C=O) groups excluding carboxylic acids is 1. The lowest BCUT2D eigenvalue weighted by atomic mass is 9.90. The third-order valence-corrected chi connectivity index (χ3v) is 3.23. The van der Waals surface area contributed by atoms with E-state index in [4.69, 9.17) is 16.2 Å². The van der Waals surface area contributed by atoms with Crippen molar-refractivity contribution in [2.24, 2.45) is 17.4 Å². The summed E-state index contributed by atoms with van der Waals surface area (Å²) in [7, 11) is 0. The predicted octanol–water partition coefficient (Wildman–Crippen LogP) is 2.15. The zero-order valence-corrected chi connectivity index (χ0v) is 11.3. The molecule has 0 aliphatic rings. The number of hydrogen-bond donors (Lipinski definition) is 2. The highest BCUT2D eigenvalue weighted by atomic mass is 16.5. The summed E-state index contributed by atoms with van der Waals surface area (Å²) in [6.07, 6.45) is 2.45. The van der Waals surface area contributed by atoms with Crippen LogP contribution in [0.4, 0.5) is 4.79 Å². The van der Waals surface area contributed by atoms with Gasteiger partial charge in [-0.3, -0.25) is 0 Å². The molecule has 1 aromatic carbocycles. The van der Waals surface area contributed by atoms with E-state index in [2.05, 4.69) is 25.6 Å². The molecule has 1 aromatic rings. The van der Waals surface area contributed by atoms with Crippen molar-refractivity contribution in [3.05, 3.63) is 48.0 Å². The van der Waals surface area contributed by atoms with Gasteiger partial charge in [-0.1, -0.05) is 30.3 Å². The Morgan fingerprint density at radius 1 is 1.47 bits per heavy atom. The number of aryl methyl sites for hydroxylation is 1. The van der Waals surface area contributed by atoms with Crippen molar-refractivity contribution in [3.63, 3.8) is 0 Å². The Hall–Kier alpha value is -1.81. The van der Waals surface area contributed by atoms with E-state index in [0.29, 0.717) is 6.42 Å². The summed E-state index contributed by atoms with van der Waals surface area (Å²) in [6.45, 7) is 5.98. The first-order valence-electron chi connectivity index (χ1n) is 6.37. The van der Waals surface area contributed by atoms with E-state index >= 15 is 0 Å². The molecule has 104 valence electrons. The molecule has 0 heterocycles. The number of primary amides is 1. The molecule has 0 radical (unpaired) electrons. The lowest BCUT2D eigenvalue weighted by Gasteiger charge is -2.23. The number of benzene rings is 1. The molecule has 2 atom stereocenters. The van der Waals surface area contributed by atoms with Gasteiger partial charge in [0.25, 0.3) is 0 Å². The van der Waals surface area contributed by atoms with Gasteiger partial charge in [0.15, 0.2) is 0 Å². The number of nitrogens with two attached hydrogens (primary N) is 2. The Morgan fingerprint density at radius 2 is 2.16 bits per heavy atom. The van der Waals surface area contributed by atoms with Gasteiger partial charge >= 0.3 is 6.09 Å². The van der Waals surface area contributed by atoms with E-state index < -0.39 is 6.09 Å². The molecule has 2 unspecified atom stereocenters. The largest absolute Gasteiger partial charge is 0.449 e. The minimum Gasteiger partial charge on any atom is -0.449 e. The second-order valence-corrected chi connectivity index (χ2v) is 4.71. The van der Waals surface area contributed by atoms with Crippen LogP contribution in [0.25, 0.3) is 0 Å². The molecular formula is C15H22N2O2. The van der Waals surface area contributed by atoms with Gasteiger partial charge < -0.3 is 16.2 Å². The average Bonchev–Trinajstić information content (AvgIpc) is 2.36. The molecule has 19 heavy (non-hydrogen) atoms. The molecule has 0 aromatic heterocycles. The zero-order chi connectivity index (χ0) is 14.3. The maximum Gasteiger partial charge on any atom is 0.404 e. The summed E-state index contributed by atoms with van der Waals surface area (Å²) >= 11 is 0. The topological polar surface area (TPSA) is 78.3 Å². The van der Waals surface area contributed by atoms with Crippen LogP contribution in [0.5, 0.6) is 0 Å². The van der Waals surface area contributed by atoms with Gasteiger partial charge in [-0.05, 0) is 30.9 Å². The van der Waals surface area contributed by atoms with Crippen LogP contribution in [0.3, 0.4) is 0 Å². The number of hydrogen-bond acceptors (Lipinski definition) is 3. The molecule has 0 aliphatic carbocycles. The molecule has 4 N–H and O–H groups in total. The second-order valence-electron chi connectivity index (χ2n) is 4.71. The van der Waals surface area contributed by atoms with Crippen LogP contribution in [0.2, 0.25) is 0 Å². The Labute approximate surface area is 114 Å². The summed E-state index contributed by atoms with van der Waals surface area (Å²) in [5, 5.41) is 0. The normalized spacial score (nSPS) is 13.6. The molecule has 4 nitrogen and oxygen atoms in total. The van der Waals surface area contributed by atoms with Crippen molar-refractivity contribution in [3.8, 4) is 0 Å². The van der Waals surface area contributed by atoms with Crippen LogP contribution < -0.4 is 11.5 Å². The van der Waals surface area contributed by atoms with Crippen LogP contribution in [0.1, 0.15) is 17.5 Å². The number of ether oxygens (including phenoxy) is 1. The van der Waals surface area contributed by atoms with E-state index in [9.17, 15) is 4.79 Å². The molecule has 0 fully saturated rings. The number of amides is 1. The third kappa shape index (κ3) is 5.14. The molecule has 1 rings (SSSR count). The quantitative estimate of drug-likeness (QED) is 0.739. The molecule has 0 saturated carbocycles. The first-order valence-corrected chi connectivity index (χ1v) is 6.37. The number of rotatable bonds is 7.